The maximum absolute atomic E-state index is 11.9. The van der Waals surface area contributed by atoms with E-state index in [1.165, 1.54) is 50.9 Å². The van der Waals surface area contributed by atoms with E-state index < -0.39 is 0 Å². The number of amides is 1. The molecule has 1 saturated carbocycles. The van der Waals surface area contributed by atoms with Crippen molar-refractivity contribution in [3.63, 3.8) is 0 Å². The third kappa shape index (κ3) is 5.12. The predicted octanol–water partition coefficient (Wildman–Crippen LogP) is 5.48. The molecule has 164 valence electrons. The molecule has 0 radical (unpaired) electrons. The Morgan fingerprint density at radius 3 is 2.55 bits per heavy atom. The number of rotatable bonds is 9. The zero-order valence-corrected chi connectivity index (χ0v) is 18.4. The van der Waals surface area contributed by atoms with Crippen LogP contribution in [0.15, 0.2) is 54.6 Å². The van der Waals surface area contributed by atoms with E-state index in [1.54, 1.807) is 10.5 Å². The van der Waals surface area contributed by atoms with Gasteiger partial charge in [-0.05, 0) is 86.1 Å². The lowest BCUT2D eigenvalue weighted by Gasteiger charge is -2.39. The molecule has 0 aromatic heterocycles. The molecule has 31 heavy (non-hydrogen) atoms. The summed E-state index contributed by atoms with van der Waals surface area (Å²) < 4.78 is 5.13. The summed E-state index contributed by atoms with van der Waals surface area (Å²) >= 11 is 0. The van der Waals surface area contributed by atoms with E-state index in [0.717, 1.165) is 42.8 Å². The highest BCUT2D eigenvalue weighted by Gasteiger charge is 2.38. The van der Waals surface area contributed by atoms with Gasteiger partial charge in [-0.15, -0.1) is 0 Å². The maximum atomic E-state index is 11.9. The molecule has 0 spiro atoms. The van der Waals surface area contributed by atoms with Crippen LogP contribution in [-0.4, -0.2) is 43.8 Å². The van der Waals surface area contributed by atoms with Crippen molar-refractivity contribution in [2.24, 2.45) is 11.8 Å². The van der Waals surface area contributed by atoms with Gasteiger partial charge < -0.3 is 9.64 Å². The van der Waals surface area contributed by atoms with Gasteiger partial charge in [0.2, 0.25) is 0 Å². The monoisotopic (exact) mass is 418 g/mol. The summed E-state index contributed by atoms with van der Waals surface area (Å²) in [6.45, 7) is 5.08. The van der Waals surface area contributed by atoms with Crippen molar-refractivity contribution in [2.75, 3.05) is 37.7 Å². The van der Waals surface area contributed by atoms with Crippen molar-refractivity contribution < 1.29 is 9.53 Å². The first-order chi connectivity index (χ1) is 15.3. The molecule has 2 atom stereocenters. The summed E-state index contributed by atoms with van der Waals surface area (Å²) in [4.78, 5) is 16.2. The fourth-order valence-corrected chi connectivity index (χ4v) is 5.30. The summed E-state index contributed by atoms with van der Waals surface area (Å²) in [7, 11) is 0. The first-order valence-electron chi connectivity index (χ1n) is 12.1. The van der Waals surface area contributed by atoms with Gasteiger partial charge >= 0.3 is 6.09 Å². The standard InChI is InChI=1S/C27H34N2O2/c30-27-29(16-5-17-31-27)25-13-10-21(11-14-25)6-4-15-28-19-22(20-28)9-12-24-18-26(24)23-7-2-1-3-8-23/h1-3,7-8,10-11,13-14,22,24,26H,4-6,9,12,15-20H2/t24-,26+/m1/s1. The fourth-order valence-electron chi connectivity index (χ4n) is 5.30. The Morgan fingerprint density at radius 2 is 1.77 bits per heavy atom. The molecule has 5 rings (SSSR count). The van der Waals surface area contributed by atoms with Gasteiger partial charge in [0.15, 0.2) is 0 Å². The van der Waals surface area contributed by atoms with Crippen LogP contribution in [-0.2, 0) is 11.2 Å². The lowest BCUT2D eigenvalue weighted by Crippen LogP contribution is -2.46. The van der Waals surface area contributed by atoms with E-state index >= 15 is 0 Å². The molecule has 2 aromatic rings. The molecule has 4 nitrogen and oxygen atoms in total. The molecule has 2 saturated heterocycles. The second-order valence-corrected chi connectivity index (χ2v) is 9.61. The molecule has 3 fully saturated rings. The summed E-state index contributed by atoms with van der Waals surface area (Å²) in [5.41, 5.74) is 3.85. The third-order valence-corrected chi connectivity index (χ3v) is 7.29. The van der Waals surface area contributed by atoms with Gasteiger partial charge in [-0.1, -0.05) is 42.5 Å². The van der Waals surface area contributed by atoms with Crippen LogP contribution in [0.1, 0.15) is 49.1 Å². The van der Waals surface area contributed by atoms with Crippen molar-refractivity contribution >= 4 is 11.8 Å². The highest BCUT2D eigenvalue weighted by molar-refractivity contribution is 5.88. The number of nitrogens with zero attached hydrogens (tertiary/aromatic N) is 2. The molecule has 2 aliphatic heterocycles. The van der Waals surface area contributed by atoms with Crippen LogP contribution < -0.4 is 4.90 Å². The number of anilines is 1. The predicted molar refractivity (Wildman–Crippen MR) is 125 cm³/mol. The van der Waals surface area contributed by atoms with E-state index in [9.17, 15) is 4.79 Å². The van der Waals surface area contributed by atoms with E-state index in [2.05, 4.69) is 59.5 Å². The quantitative estimate of drug-likeness (QED) is 0.540. The van der Waals surface area contributed by atoms with Crippen LogP contribution in [0.2, 0.25) is 0 Å². The second kappa shape index (κ2) is 9.44. The fraction of sp³-hybridized carbons (Fsp3) is 0.519. The first kappa shape index (κ1) is 20.6. The van der Waals surface area contributed by atoms with Gasteiger partial charge in [-0.3, -0.25) is 4.90 Å². The zero-order valence-electron chi connectivity index (χ0n) is 18.4. The molecule has 4 heteroatoms. The number of benzene rings is 2. The van der Waals surface area contributed by atoms with Gasteiger partial charge in [0.05, 0.1) is 6.61 Å². The molecular weight excluding hydrogens is 384 g/mol. The lowest BCUT2D eigenvalue weighted by atomic mass is 9.92. The minimum Gasteiger partial charge on any atom is -0.449 e. The number of hydrogen-bond donors (Lipinski definition) is 0. The van der Waals surface area contributed by atoms with Crippen LogP contribution in [0.25, 0.3) is 0 Å². The maximum Gasteiger partial charge on any atom is 0.414 e. The van der Waals surface area contributed by atoms with Gasteiger partial charge in [0, 0.05) is 25.3 Å². The van der Waals surface area contributed by atoms with Crippen molar-refractivity contribution in [1.29, 1.82) is 0 Å². The second-order valence-electron chi connectivity index (χ2n) is 9.61. The lowest BCUT2D eigenvalue weighted by molar-refractivity contribution is 0.0905. The van der Waals surface area contributed by atoms with Crippen molar-refractivity contribution in [1.82, 2.24) is 4.90 Å². The number of likely N-dealkylation sites (tertiary alicyclic amines) is 1. The van der Waals surface area contributed by atoms with Crippen LogP contribution in [0.4, 0.5) is 10.5 Å². The Balaban J connectivity index is 0.959. The Morgan fingerprint density at radius 1 is 0.968 bits per heavy atom. The van der Waals surface area contributed by atoms with Crippen molar-refractivity contribution in [3.05, 3.63) is 65.7 Å². The molecular formula is C27H34N2O2. The van der Waals surface area contributed by atoms with Crippen LogP contribution >= 0.6 is 0 Å². The number of cyclic esters (lactones) is 1. The molecule has 3 aliphatic rings. The first-order valence-corrected chi connectivity index (χ1v) is 12.1. The van der Waals surface area contributed by atoms with E-state index in [4.69, 9.17) is 4.74 Å². The van der Waals surface area contributed by atoms with Crippen LogP contribution in [0.5, 0.6) is 0 Å². The van der Waals surface area contributed by atoms with Crippen LogP contribution in [0.3, 0.4) is 0 Å². The average molecular weight is 419 g/mol. The zero-order chi connectivity index (χ0) is 21.0. The SMILES string of the molecule is O=C1OCCCN1c1ccc(CCCN2CC(CC[C@@H]3C[C@H]3c3ccccc3)C2)cc1. The highest BCUT2D eigenvalue weighted by atomic mass is 16.6. The Bertz CT molecular complexity index is 861. The topological polar surface area (TPSA) is 32.8 Å². The number of carbonyl (C=O) groups excluding carboxylic acids is 1. The van der Waals surface area contributed by atoms with Crippen molar-refractivity contribution in [2.45, 2.75) is 44.4 Å². The molecule has 2 heterocycles. The van der Waals surface area contributed by atoms with Crippen molar-refractivity contribution in [3.8, 4) is 0 Å². The minimum absolute atomic E-state index is 0.219. The highest BCUT2D eigenvalue weighted by Crippen LogP contribution is 2.50. The average Bonchev–Trinajstić information content (AvgIpc) is 3.56. The third-order valence-electron chi connectivity index (χ3n) is 7.29. The summed E-state index contributed by atoms with van der Waals surface area (Å²) in [5, 5.41) is 0. The van der Waals surface area contributed by atoms with Gasteiger partial charge in [0.1, 0.15) is 0 Å². The molecule has 1 amide bonds. The Hall–Kier alpha value is -2.33. The smallest absolute Gasteiger partial charge is 0.414 e. The number of hydrogen-bond acceptors (Lipinski definition) is 3. The molecule has 2 aromatic carbocycles. The summed E-state index contributed by atoms with van der Waals surface area (Å²) in [6.07, 6.45) is 7.21. The molecule has 0 bridgehead atoms. The Kier molecular flexibility index (Phi) is 6.26. The summed E-state index contributed by atoms with van der Waals surface area (Å²) in [5.74, 6) is 2.69. The normalized spacial score (nSPS) is 24.0. The van der Waals surface area contributed by atoms with Gasteiger partial charge in [0.25, 0.3) is 0 Å². The number of carbonyl (C=O) groups is 1. The van der Waals surface area contributed by atoms with E-state index in [1.807, 2.05) is 0 Å². The van der Waals surface area contributed by atoms with E-state index in [0.29, 0.717) is 6.61 Å². The van der Waals surface area contributed by atoms with Gasteiger partial charge in [-0.25, -0.2) is 4.79 Å². The summed E-state index contributed by atoms with van der Waals surface area (Å²) in [6, 6.07) is 19.5. The number of aryl methyl sites for hydroxylation is 1. The largest absolute Gasteiger partial charge is 0.449 e. The minimum atomic E-state index is -0.219. The Labute approximate surface area is 186 Å². The van der Waals surface area contributed by atoms with E-state index in [-0.39, 0.29) is 6.09 Å². The molecule has 1 aliphatic carbocycles. The number of ether oxygens (including phenoxy) is 1. The van der Waals surface area contributed by atoms with Gasteiger partial charge in [-0.2, -0.15) is 0 Å². The molecule has 0 unspecified atom stereocenters. The van der Waals surface area contributed by atoms with Crippen LogP contribution in [0, 0.1) is 11.8 Å². The molecule has 0 N–H and O–H groups in total.